The first kappa shape index (κ1) is 12.0. The van der Waals surface area contributed by atoms with E-state index in [4.69, 9.17) is 9.84 Å². The van der Waals surface area contributed by atoms with Gasteiger partial charge in [0.1, 0.15) is 5.75 Å². The summed E-state index contributed by atoms with van der Waals surface area (Å²) in [5, 5.41) is 19.3. The molecule has 1 aromatic carbocycles. The second-order valence-electron chi connectivity index (χ2n) is 3.44. The molecule has 6 heteroatoms. The zero-order valence-corrected chi connectivity index (χ0v) is 8.62. The van der Waals surface area contributed by atoms with Crippen molar-refractivity contribution in [1.82, 2.24) is 0 Å². The molecular formula is C10H11NO5. The van der Waals surface area contributed by atoms with Gasteiger partial charge in [0.25, 0.3) is 12.1 Å². The van der Waals surface area contributed by atoms with Crippen LogP contribution in [0.3, 0.4) is 0 Å². The first-order valence-corrected chi connectivity index (χ1v) is 4.53. The van der Waals surface area contributed by atoms with E-state index in [1.165, 1.54) is 6.92 Å². The maximum atomic E-state index is 10.9. The van der Waals surface area contributed by atoms with E-state index < -0.39 is 23.0 Å². The molecule has 0 aliphatic rings. The van der Waals surface area contributed by atoms with E-state index >= 15 is 0 Å². The highest BCUT2D eigenvalue weighted by molar-refractivity contribution is 5.77. The van der Waals surface area contributed by atoms with Crippen molar-refractivity contribution in [3.63, 3.8) is 0 Å². The summed E-state index contributed by atoms with van der Waals surface area (Å²) in [6, 6.07) is 8.13. The highest BCUT2D eigenvalue weighted by atomic mass is 16.6. The largest absolute Gasteiger partial charge is 0.478 e. The van der Waals surface area contributed by atoms with Crippen molar-refractivity contribution in [3.05, 3.63) is 40.4 Å². The van der Waals surface area contributed by atoms with Crippen LogP contribution in [0, 0.1) is 10.1 Å². The Hall–Kier alpha value is -2.11. The van der Waals surface area contributed by atoms with Crippen LogP contribution >= 0.6 is 0 Å². The molecule has 0 fully saturated rings. The van der Waals surface area contributed by atoms with Gasteiger partial charge in [0, 0.05) is 4.92 Å². The third-order valence-electron chi connectivity index (χ3n) is 1.97. The average Bonchev–Trinajstić information content (AvgIpc) is 2.17. The predicted molar refractivity (Wildman–Crippen MR) is 55.0 cm³/mol. The standard InChI is InChI=1S/C10H11NO5/c1-10(9(12)13,7-11(14)15)16-8-5-3-2-4-6-8/h2-6H,7H2,1H3,(H,12,13). The molecule has 0 aliphatic heterocycles. The van der Waals surface area contributed by atoms with Crippen LogP contribution in [0.4, 0.5) is 0 Å². The Labute approximate surface area is 91.6 Å². The maximum Gasteiger partial charge on any atom is 0.354 e. The van der Waals surface area contributed by atoms with Crippen LogP contribution < -0.4 is 4.74 Å². The number of para-hydroxylation sites is 1. The van der Waals surface area contributed by atoms with E-state index in [-0.39, 0.29) is 5.75 Å². The summed E-state index contributed by atoms with van der Waals surface area (Å²) in [5.74, 6) is -1.08. The summed E-state index contributed by atoms with van der Waals surface area (Å²) in [7, 11) is 0. The molecule has 0 bridgehead atoms. The van der Waals surface area contributed by atoms with Crippen molar-refractivity contribution in [2.45, 2.75) is 12.5 Å². The van der Waals surface area contributed by atoms with Crippen LogP contribution in [0.25, 0.3) is 0 Å². The Morgan fingerprint density at radius 1 is 1.50 bits per heavy atom. The Morgan fingerprint density at radius 3 is 2.50 bits per heavy atom. The van der Waals surface area contributed by atoms with Gasteiger partial charge < -0.3 is 9.84 Å². The van der Waals surface area contributed by atoms with E-state index in [9.17, 15) is 14.9 Å². The summed E-state index contributed by atoms with van der Waals surface area (Å²) in [6.45, 7) is 0.377. The van der Waals surface area contributed by atoms with Gasteiger partial charge >= 0.3 is 5.97 Å². The Kier molecular flexibility index (Phi) is 3.44. The van der Waals surface area contributed by atoms with Crippen LogP contribution in [0.15, 0.2) is 30.3 Å². The molecule has 6 nitrogen and oxygen atoms in total. The monoisotopic (exact) mass is 225 g/mol. The van der Waals surface area contributed by atoms with Crippen molar-refractivity contribution in [3.8, 4) is 5.75 Å². The minimum atomic E-state index is -1.86. The highest BCUT2D eigenvalue weighted by Gasteiger charge is 2.41. The molecule has 86 valence electrons. The number of aliphatic carboxylic acids is 1. The number of hydrogen-bond acceptors (Lipinski definition) is 4. The molecule has 0 aliphatic carbocycles. The van der Waals surface area contributed by atoms with E-state index in [1.54, 1.807) is 30.3 Å². The number of carboxylic acid groups (broad SMARTS) is 1. The van der Waals surface area contributed by atoms with Crippen molar-refractivity contribution < 1.29 is 19.6 Å². The zero-order valence-electron chi connectivity index (χ0n) is 8.62. The number of benzene rings is 1. The summed E-state index contributed by atoms with van der Waals surface area (Å²) < 4.78 is 5.13. The van der Waals surface area contributed by atoms with Gasteiger partial charge in [-0.15, -0.1) is 0 Å². The van der Waals surface area contributed by atoms with Gasteiger partial charge in [-0.25, -0.2) is 4.79 Å². The molecule has 0 aromatic heterocycles. The number of hydrogen-bond donors (Lipinski definition) is 1. The van der Waals surface area contributed by atoms with Gasteiger partial charge in [-0.2, -0.15) is 0 Å². The number of carbonyl (C=O) groups is 1. The van der Waals surface area contributed by atoms with Gasteiger partial charge in [-0.1, -0.05) is 18.2 Å². The van der Waals surface area contributed by atoms with Gasteiger partial charge in [-0.3, -0.25) is 10.1 Å². The average molecular weight is 225 g/mol. The minimum absolute atomic E-state index is 0.286. The van der Waals surface area contributed by atoms with Gasteiger partial charge in [0.15, 0.2) is 0 Å². The van der Waals surface area contributed by atoms with Gasteiger partial charge in [0.2, 0.25) is 0 Å². The lowest BCUT2D eigenvalue weighted by Gasteiger charge is -2.22. The second kappa shape index (κ2) is 4.61. The third-order valence-corrected chi connectivity index (χ3v) is 1.97. The molecule has 0 heterocycles. The smallest absolute Gasteiger partial charge is 0.354 e. The third kappa shape index (κ3) is 2.94. The van der Waals surface area contributed by atoms with Crippen LogP contribution in [0.2, 0.25) is 0 Å². The molecule has 1 unspecified atom stereocenters. The number of ether oxygens (including phenoxy) is 1. The van der Waals surface area contributed by atoms with E-state index in [2.05, 4.69) is 0 Å². The normalized spacial score (nSPS) is 13.8. The molecule has 1 atom stereocenters. The number of rotatable bonds is 5. The van der Waals surface area contributed by atoms with Crippen LogP contribution in [-0.2, 0) is 4.79 Å². The first-order chi connectivity index (χ1) is 7.44. The zero-order chi connectivity index (χ0) is 12.2. The van der Waals surface area contributed by atoms with E-state index in [0.717, 1.165) is 0 Å². The van der Waals surface area contributed by atoms with Crippen molar-refractivity contribution in [1.29, 1.82) is 0 Å². The lowest BCUT2D eigenvalue weighted by Crippen LogP contribution is -2.47. The topological polar surface area (TPSA) is 89.7 Å². The molecule has 0 saturated carbocycles. The lowest BCUT2D eigenvalue weighted by molar-refractivity contribution is -0.494. The van der Waals surface area contributed by atoms with Crippen LogP contribution in [-0.4, -0.2) is 28.1 Å². The van der Waals surface area contributed by atoms with Gasteiger partial charge in [0.05, 0.1) is 0 Å². The quantitative estimate of drug-likeness (QED) is 0.600. The molecule has 0 radical (unpaired) electrons. The summed E-state index contributed by atoms with van der Waals surface area (Å²) in [4.78, 5) is 20.6. The fourth-order valence-electron chi connectivity index (χ4n) is 1.14. The summed E-state index contributed by atoms with van der Waals surface area (Å²) in [5.41, 5.74) is -1.86. The summed E-state index contributed by atoms with van der Waals surface area (Å²) >= 11 is 0. The molecule has 0 amide bonds. The molecule has 1 N–H and O–H groups in total. The molecule has 1 aromatic rings. The number of nitrogens with zero attached hydrogens (tertiary/aromatic N) is 1. The number of carboxylic acids is 1. The lowest BCUT2D eigenvalue weighted by atomic mass is 10.1. The Morgan fingerprint density at radius 2 is 2.06 bits per heavy atom. The minimum Gasteiger partial charge on any atom is -0.478 e. The highest BCUT2D eigenvalue weighted by Crippen LogP contribution is 2.18. The van der Waals surface area contributed by atoms with E-state index in [1.807, 2.05) is 0 Å². The summed E-state index contributed by atoms with van der Waals surface area (Å²) in [6.07, 6.45) is 0. The molecule has 16 heavy (non-hydrogen) atoms. The SMILES string of the molecule is CC(C[N+](=O)[O-])(Oc1ccccc1)C(=O)O. The second-order valence-corrected chi connectivity index (χ2v) is 3.44. The van der Waals surface area contributed by atoms with Crippen molar-refractivity contribution in [2.24, 2.45) is 0 Å². The molecule has 0 saturated heterocycles. The Balaban J connectivity index is 2.87. The van der Waals surface area contributed by atoms with Crippen molar-refractivity contribution >= 4 is 5.97 Å². The van der Waals surface area contributed by atoms with Crippen molar-refractivity contribution in [2.75, 3.05) is 6.54 Å². The molecule has 1 rings (SSSR count). The van der Waals surface area contributed by atoms with E-state index in [0.29, 0.717) is 0 Å². The molecular weight excluding hydrogens is 214 g/mol. The predicted octanol–water partition coefficient (Wildman–Crippen LogP) is 1.19. The Bertz CT molecular complexity index is 391. The van der Waals surface area contributed by atoms with Gasteiger partial charge in [-0.05, 0) is 19.1 Å². The number of nitro groups is 1. The molecule has 0 spiro atoms. The fraction of sp³-hybridized carbons (Fsp3) is 0.300. The first-order valence-electron chi connectivity index (χ1n) is 4.53. The van der Waals surface area contributed by atoms with Crippen LogP contribution in [0.5, 0.6) is 5.75 Å². The van der Waals surface area contributed by atoms with Crippen LogP contribution in [0.1, 0.15) is 6.92 Å². The fourth-order valence-corrected chi connectivity index (χ4v) is 1.14. The maximum absolute atomic E-state index is 10.9.